The summed E-state index contributed by atoms with van der Waals surface area (Å²) in [4.78, 5) is 14.7. The minimum absolute atomic E-state index is 0.107. The van der Waals surface area contributed by atoms with Crippen LogP contribution in [0, 0.1) is 5.92 Å². The molecule has 0 aliphatic carbocycles. The van der Waals surface area contributed by atoms with Crippen LogP contribution in [0.4, 0.5) is 0 Å². The molecule has 2 aliphatic heterocycles. The van der Waals surface area contributed by atoms with Gasteiger partial charge in [0.15, 0.2) is 0 Å². The Morgan fingerprint density at radius 2 is 1.88 bits per heavy atom. The highest BCUT2D eigenvalue weighted by atomic mass is 32.2. The lowest BCUT2D eigenvalue weighted by Gasteiger charge is -2.33. The van der Waals surface area contributed by atoms with Gasteiger partial charge in [-0.15, -0.1) is 4.40 Å². The van der Waals surface area contributed by atoms with Gasteiger partial charge in [-0.05, 0) is 37.0 Å². The molecule has 0 saturated carbocycles. The summed E-state index contributed by atoms with van der Waals surface area (Å²) < 4.78 is 35.1. The monoisotopic (exact) mass is 377 g/mol. The molecular formula is C18H23N3O4S. The van der Waals surface area contributed by atoms with Crippen LogP contribution in [-0.2, 0) is 15.0 Å². The van der Waals surface area contributed by atoms with E-state index in [-0.39, 0.29) is 17.3 Å². The number of hydrogen-bond donors (Lipinski definition) is 0. The number of rotatable bonds is 3. The van der Waals surface area contributed by atoms with Gasteiger partial charge in [-0.25, -0.2) is 4.31 Å². The molecule has 0 bridgehead atoms. The Bertz CT molecular complexity index is 868. The number of amides is 1. The van der Waals surface area contributed by atoms with E-state index in [1.807, 2.05) is 0 Å². The van der Waals surface area contributed by atoms with Crippen LogP contribution in [0.5, 0.6) is 5.75 Å². The first kappa shape index (κ1) is 18.4. The number of ether oxygens (including phenoxy) is 1. The lowest BCUT2D eigenvalue weighted by Crippen LogP contribution is -2.44. The minimum Gasteiger partial charge on any atom is -0.496 e. The van der Waals surface area contributed by atoms with Gasteiger partial charge in [-0.3, -0.25) is 4.79 Å². The Hall–Kier alpha value is -2.35. The van der Waals surface area contributed by atoms with E-state index < -0.39 is 10.2 Å². The van der Waals surface area contributed by atoms with Gasteiger partial charge in [0, 0.05) is 25.7 Å². The highest BCUT2D eigenvalue weighted by molar-refractivity contribution is 7.88. The molecule has 0 radical (unpaired) electrons. The van der Waals surface area contributed by atoms with Gasteiger partial charge in [-0.1, -0.05) is 19.1 Å². The molecule has 2 heterocycles. The van der Waals surface area contributed by atoms with Gasteiger partial charge in [0.2, 0.25) is 0 Å². The first-order chi connectivity index (χ1) is 12.3. The molecule has 1 fully saturated rings. The number of likely N-dealkylation sites (tertiary alicyclic amines) is 1. The van der Waals surface area contributed by atoms with E-state index in [0.29, 0.717) is 30.3 Å². The number of likely N-dealkylation sites (N-methyl/N-ethyl adjacent to an activating group) is 1. The van der Waals surface area contributed by atoms with Crippen LogP contribution in [-0.4, -0.2) is 56.5 Å². The molecule has 1 saturated heterocycles. The first-order valence-electron chi connectivity index (χ1n) is 8.56. The van der Waals surface area contributed by atoms with E-state index in [1.165, 1.54) is 20.2 Å². The SMILES string of the molecule is COc1ccccc1C1=NS(=O)(=O)N(C)C(C(=O)N2CCC(C)CC2)=C1. The zero-order valence-corrected chi connectivity index (χ0v) is 16.0. The van der Waals surface area contributed by atoms with Crippen LogP contribution < -0.4 is 4.74 Å². The van der Waals surface area contributed by atoms with E-state index in [9.17, 15) is 13.2 Å². The van der Waals surface area contributed by atoms with Gasteiger partial charge in [0.25, 0.3) is 5.91 Å². The summed E-state index contributed by atoms with van der Waals surface area (Å²) in [7, 11) is -1.11. The zero-order chi connectivity index (χ0) is 18.9. The van der Waals surface area contributed by atoms with E-state index in [4.69, 9.17) is 4.74 Å². The third-order valence-corrected chi connectivity index (χ3v) is 6.16. The molecule has 0 unspecified atom stereocenters. The van der Waals surface area contributed by atoms with Crippen molar-refractivity contribution in [2.45, 2.75) is 19.8 Å². The molecule has 2 aliphatic rings. The van der Waals surface area contributed by atoms with Crippen molar-refractivity contribution in [2.24, 2.45) is 10.3 Å². The van der Waals surface area contributed by atoms with Gasteiger partial charge in [0.1, 0.15) is 11.4 Å². The fraction of sp³-hybridized carbons (Fsp3) is 0.444. The summed E-state index contributed by atoms with van der Waals surface area (Å²) in [5.74, 6) is 0.790. The molecule has 1 amide bonds. The molecule has 7 nitrogen and oxygen atoms in total. The van der Waals surface area contributed by atoms with Crippen molar-refractivity contribution < 1.29 is 17.9 Å². The van der Waals surface area contributed by atoms with Gasteiger partial charge < -0.3 is 9.64 Å². The molecule has 3 rings (SSSR count). The van der Waals surface area contributed by atoms with Gasteiger partial charge >= 0.3 is 10.2 Å². The molecule has 140 valence electrons. The standard InChI is InChI=1S/C18H23N3O4S/c1-13-8-10-21(11-9-13)18(22)16-12-15(19-26(23,24)20(16)2)14-6-4-5-7-17(14)25-3/h4-7,12-13H,8-11H2,1-3H3. The van der Waals surface area contributed by atoms with Crippen molar-refractivity contribution in [3.05, 3.63) is 41.6 Å². The van der Waals surface area contributed by atoms with E-state index in [0.717, 1.165) is 17.1 Å². The van der Waals surface area contributed by atoms with Crippen molar-refractivity contribution in [3.63, 3.8) is 0 Å². The highest BCUT2D eigenvalue weighted by Crippen LogP contribution is 2.27. The Morgan fingerprint density at radius 1 is 1.23 bits per heavy atom. The van der Waals surface area contributed by atoms with Crippen molar-refractivity contribution in [1.82, 2.24) is 9.21 Å². The van der Waals surface area contributed by atoms with Crippen molar-refractivity contribution in [3.8, 4) is 5.75 Å². The maximum atomic E-state index is 13.0. The minimum atomic E-state index is -3.98. The third-order valence-electron chi connectivity index (χ3n) is 4.85. The number of nitrogens with zero attached hydrogens (tertiary/aromatic N) is 3. The lowest BCUT2D eigenvalue weighted by atomic mass is 9.99. The number of carbonyl (C=O) groups excluding carboxylic acids is 1. The average molecular weight is 377 g/mol. The number of piperidine rings is 1. The Labute approximate surface area is 154 Å². The molecule has 26 heavy (non-hydrogen) atoms. The van der Waals surface area contributed by atoms with E-state index >= 15 is 0 Å². The van der Waals surface area contributed by atoms with E-state index in [2.05, 4.69) is 11.3 Å². The number of carbonyl (C=O) groups is 1. The fourth-order valence-electron chi connectivity index (χ4n) is 3.11. The molecule has 0 spiro atoms. The van der Waals surface area contributed by atoms with E-state index in [1.54, 1.807) is 29.2 Å². The Morgan fingerprint density at radius 3 is 2.54 bits per heavy atom. The van der Waals surface area contributed by atoms with Crippen LogP contribution in [0.15, 0.2) is 40.4 Å². The number of allylic oxidation sites excluding steroid dienone is 1. The quantitative estimate of drug-likeness (QED) is 0.805. The predicted molar refractivity (Wildman–Crippen MR) is 99.3 cm³/mol. The van der Waals surface area contributed by atoms with Crippen LogP contribution in [0.1, 0.15) is 25.3 Å². The van der Waals surface area contributed by atoms with Crippen LogP contribution in [0.3, 0.4) is 0 Å². The van der Waals surface area contributed by atoms with Crippen molar-refractivity contribution in [1.29, 1.82) is 0 Å². The molecule has 0 N–H and O–H groups in total. The normalized spacial score (nSPS) is 20.4. The molecular weight excluding hydrogens is 354 g/mol. The molecule has 0 aromatic heterocycles. The second-order valence-electron chi connectivity index (χ2n) is 6.63. The number of methoxy groups -OCH3 is 1. The number of hydrogen-bond acceptors (Lipinski definition) is 4. The maximum Gasteiger partial charge on any atom is 0.345 e. The number of benzene rings is 1. The van der Waals surface area contributed by atoms with Crippen LogP contribution >= 0.6 is 0 Å². The third kappa shape index (κ3) is 3.46. The Kier molecular flexibility index (Phi) is 5.04. The average Bonchev–Trinajstić information content (AvgIpc) is 2.63. The second kappa shape index (κ2) is 7.11. The predicted octanol–water partition coefficient (Wildman–Crippen LogP) is 1.82. The molecule has 1 aromatic rings. The zero-order valence-electron chi connectivity index (χ0n) is 15.2. The molecule has 0 atom stereocenters. The first-order valence-corrected chi connectivity index (χ1v) is 9.96. The highest BCUT2D eigenvalue weighted by Gasteiger charge is 2.33. The smallest absolute Gasteiger partial charge is 0.345 e. The largest absolute Gasteiger partial charge is 0.496 e. The summed E-state index contributed by atoms with van der Waals surface area (Å²) in [6.45, 7) is 3.42. The maximum absolute atomic E-state index is 13.0. The summed E-state index contributed by atoms with van der Waals surface area (Å²) in [6, 6.07) is 7.01. The fourth-order valence-corrected chi connectivity index (χ4v) is 4.01. The summed E-state index contributed by atoms with van der Waals surface area (Å²) in [5, 5.41) is 0. The van der Waals surface area contributed by atoms with Crippen molar-refractivity contribution in [2.75, 3.05) is 27.2 Å². The summed E-state index contributed by atoms with van der Waals surface area (Å²) in [5.41, 5.74) is 0.842. The van der Waals surface area contributed by atoms with Crippen LogP contribution in [0.25, 0.3) is 0 Å². The number of para-hydroxylation sites is 1. The Balaban J connectivity index is 2.00. The summed E-state index contributed by atoms with van der Waals surface area (Å²) >= 11 is 0. The molecule has 1 aromatic carbocycles. The topological polar surface area (TPSA) is 79.3 Å². The summed E-state index contributed by atoms with van der Waals surface area (Å²) in [6.07, 6.45) is 3.37. The second-order valence-corrected chi connectivity index (χ2v) is 8.25. The molecule has 8 heteroatoms. The van der Waals surface area contributed by atoms with Gasteiger partial charge in [0.05, 0.1) is 12.8 Å². The van der Waals surface area contributed by atoms with Crippen molar-refractivity contribution >= 4 is 21.8 Å². The van der Waals surface area contributed by atoms with Gasteiger partial charge in [-0.2, -0.15) is 8.42 Å². The van der Waals surface area contributed by atoms with Crippen LogP contribution in [0.2, 0.25) is 0 Å². The lowest BCUT2D eigenvalue weighted by molar-refractivity contribution is -0.129.